The molecule has 0 saturated heterocycles. The number of ketones is 1. The Morgan fingerprint density at radius 2 is 1.74 bits per heavy atom. The molecule has 5 nitrogen and oxygen atoms in total. The van der Waals surface area contributed by atoms with Gasteiger partial charge < -0.3 is 15.6 Å². The normalized spacial score (nSPS) is 45.4. The molecular weight excluding hydrogens is 474 g/mol. The third-order valence-corrected chi connectivity index (χ3v) is 12.1. The Bertz CT molecular complexity index is 1130. The topological polar surface area (TPSA) is 89.6 Å². The highest BCUT2D eigenvalue weighted by Crippen LogP contribution is 2.74. The van der Waals surface area contributed by atoms with Gasteiger partial charge in [0.15, 0.2) is 5.78 Å². The van der Waals surface area contributed by atoms with Crippen molar-refractivity contribution < 1.29 is 19.4 Å². The minimum atomic E-state index is -0.398. The Morgan fingerprint density at radius 3 is 2.37 bits per heavy atom. The fourth-order valence-corrected chi connectivity index (χ4v) is 10.3. The average molecular weight is 522 g/mol. The summed E-state index contributed by atoms with van der Waals surface area (Å²) >= 11 is 0. The second-order valence-electron chi connectivity index (χ2n) is 13.8. The van der Waals surface area contributed by atoms with Gasteiger partial charge in [0.2, 0.25) is 0 Å². The number of carbonyl (C=O) groups is 2. The molecule has 3 N–H and O–H groups in total. The van der Waals surface area contributed by atoms with Crippen molar-refractivity contribution in [2.75, 3.05) is 0 Å². The standard InChI is InChI=1S/C33H47NO4/c1-19-24-12-15-32(5)30(31(24,4)14-13-27(19)37)26(34)17-25-29(28(38-21(3)36)18-33(25,32)6)23(20(2)35)16-22-10-8-7-9-11-22/h7-11,19,24-28,30,37H,12-18,34H2,1-6H3/b29-23-/t19-,24-,25?,26+,27+,28-,30-,31-,32-,33-/m0/s1. The Morgan fingerprint density at radius 1 is 1.05 bits per heavy atom. The second-order valence-corrected chi connectivity index (χ2v) is 13.8. The molecule has 1 aromatic carbocycles. The van der Waals surface area contributed by atoms with Crippen molar-refractivity contribution in [3.05, 3.63) is 47.0 Å². The number of rotatable bonds is 4. The summed E-state index contributed by atoms with van der Waals surface area (Å²) in [5.41, 5.74) is 9.99. The van der Waals surface area contributed by atoms with Crippen LogP contribution in [0.1, 0.15) is 85.6 Å². The summed E-state index contributed by atoms with van der Waals surface area (Å²) in [6, 6.07) is 10.1. The van der Waals surface area contributed by atoms with Crippen LogP contribution in [0.15, 0.2) is 41.5 Å². The molecule has 1 aromatic rings. The van der Waals surface area contributed by atoms with Gasteiger partial charge in [-0.25, -0.2) is 0 Å². The minimum absolute atomic E-state index is 0.00988. The number of hydrogen-bond donors (Lipinski definition) is 2. The van der Waals surface area contributed by atoms with E-state index in [2.05, 4.69) is 39.8 Å². The minimum Gasteiger partial charge on any atom is -0.458 e. The maximum absolute atomic E-state index is 13.2. The van der Waals surface area contributed by atoms with Crippen LogP contribution in [0.4, 0.5) is 0 Å². The van der Waals surface area contributed by atoms with E-state index in [0.717, 1.165) is 55.2 Å². The predicted molar refractivity (Wildman–Crippen MR) is 149 cm³/mol. The molecule has 1 unspecified atom stereocenters. The Labute approximate surface area is 228 Å². The van der Waals surface area contributed by atoms with Crippen LogP contribution >= 0.6 is 0 Å². The summed E-state index contributed by atoms with van der Waals surface area (Å²) in [6.45, 7) is 12.6. The van der Waals surface area contributed by atoms with Gasteiger partial charge in [0.25, 0.3) is 0 Å². The average Bonchev–Trinajstić information content (AvgIpc) is 3.12. The highest BCUT2D eigenvalue weighted by Gasteiger charge is 2.70. The molecule has 4 saturated carbocycles. The number of Topliss-reactive ketones (excluding diaryl/α,β-unsaturated/α-hetero) is 1. The van der Waals surface area contributed by atoms with Crippen molar-refractivity contribution in [1.82, 2.24) is 0 Å². The van der Waals surface area contributed by atoms with Crippen LogP contribution in [0, 0.1) is 39.9 Å². The summed E-state index contributed by atoms with van der Waals surface area (Å²) in [5.74, 6) is 0.904. The Kier molecular flexibility index (Phi) is 6.96. The number of nitrogens with two attached hydrogens (primary N) is 1. The summed E-state index contributed by atoms with van der Waals surface area (Å²) in [7, 11) is 0. The first-order valence-corrected chi connectivity index (χ1v) is 14.7. The van der Waals surface area contributed by atoms with Crippen LogP contribution in [0.2, 0.25) is 0 Å². The SMILES string of the molecule is CC(=O)O[C@H]1C[C@@]2(C)C(C[C@@H](N)[C@H]3[C@@]4(C)CC[C@@H](O)[C@@H](C)[C@@H]4CC[C@@]32C)/C1=C(\Cc1ccccc1)C(C)=O. The van der Waals surface area contributed by atoms with Gasteiger partial charge in [0.05, 0.1) is 6.10 Å². The van der Waals surface area contributed by atoms with Crippen LogP contribution in [0.25, 0.3) is 0 Å². The van der Waals surface area contributed by atoms with E-state index in [1.165, 1.54) is 6.92 Å². The van der Waals surface area contributed by atoms with Gasteiger partial charge in [0, 0.05) is 25.0 Å². The first-order valence-electron chi connectivity index (χ1n) is 14.7. The van der Waals surface area contributed by atoms with Gasteiger partial charge in [-0.1, -0.05) is 58.0 Å². The lowest BCUT2D eigenvalue weighted by Gasteiger charge is -2.69. The fourth-order valence-electron chi connectivity index (χ4n) is 10.3. The quantitative estimate of drug-likeness (QED) is 0.396. The largest absolute Gasteiger partial charge is 0.458 e. The van der Waals surface area contributed by atoms with E-state index in [1.54, 1.807) is 6.92 Å². The van der Waals surface area contributed by atoms with E-state index in [0.29, 0.717) is 18.3 Å². The van der Waals surface area contributed by atoms with Crippen molar-refractivity contribution in [2.24, 2.45) is 45.7 Å². The van der Waals surface area contributed by atoms with E-state index in [1.807, 2.05) is 18.2 Å². The number of hydrogen-bond acceptors (Lipinski definition) is 5. The van der Waals surface area contributed by atoms with Gasteiger partial charge in [-0.2, -0.15) is 0 Å². The van der Waals surface area contributed by atoms with Crippen LogP contribution in [-0.4, -0.2) is 35.1 Å². The summed E-state index contributed by atoms with van der Waals surface area (Å²) in [5, 5.41) is 10.7. The first kappa shape index (κ1) is 27.6. The van der Waals surface area contributed by atoms with E-state index >= 15 is 0 Å². The van der Waals surface area contributed by atoms with Crippen LogP contribution in [0.3, 0.4) is 0 Å². The zero-order valence-corrected chi connectivity index (χ0v) is 24.1. The highest BCUT2D eigenvalue weighted by molar-refractivity contribution is 5.95. The molecule has 0 bridgehead atoms. The molecule has 0 amide bonds. The zero-order valence-electron chi connectivity index (χ0n) is 24.1. The molecular formula is C33H47NO4. The molecule has 38 heavy (non-hydrogen) atoms. The number of esters is 1. The molecule has 0 aliphatic heterocycles. The third-order valence-electron chi connectivity index (χ3n) is 12.1. The molecule has 5 rings (SSSR count). The third kappa shape index (κ3) is 4.02. The number of carbonyl (C=O) groups excluding carboxylic acids is 2. The zero-order chi connectivity index (χ0) is 27.6. The number of ether oxygens (including phenoxy) is 1. The lowest BCUT2D eigenvalue weighted by atomic mass is 9.36. The highest BCUT2D eigenvalue weighted by atomic mass is 16.5. The van der Waals surface area contributed by atoms with E-state index in [-0.39, 0.29) is 52.0 Å². The second kappa shape index (κ2) is 9.59. The van der Waals surface area contributed by atoms with Crippen molar-refractivity contribution in [1.29, 1.82) is 0 Å². The molecule has 10 atom stereocenters. The molecule has 4 aliphatic rings. The maximum Gasteiger partial charge on any atom is 0.303 e. The van der Waals surface area contributed by atoms with Gasteiger partial charge in [-0.05, 0) is 96.5 Å². The molecule has 4 fully saturated rings. The number of aliphatic hydroxyl groups excluding tert-OH is 1. The van der Waals surface area contributed by atoms with E-state index in [4.69, 9.17) is 10.5 Å². The molecule has 5 heteroatoms. The molecule has 0 heterocycles. The molecule has 0 radical (unpaired) electrons. The molecule has 208 valence electrons. The monoisotopic (exact) mass is 521 g/mol. The van der Waals surface area contributed by atoms with Crippen LogP contribution < -0.4 is 5.73 Å². The number of fused-ring (bicyclic) bond motifs is 5. The molecule has 0 aromatic heterocycles. The lowest BCUT2D eigenvalue weighted by molar-refractivity contribution is -0.204. The summed E-state index contributed by atoms with van der Waals surface area (Å²) < 4.78 is 6.05. The lowest BCUT2D eigenvalue weighted by Crippen LogP contribution is -2.67. The van der Waals surface area contributed by atoms with Crippen molar-refractivity contribution in [3.8, 4) is 0 Å². The molecule has 4 aliphatic carbocycles. The van der Waals surface area contributed by atoms with Crippen molar-refractivity contribution in [3.63, 3.8) is 0 Å². The first-order chi connectivity index (χ1) is 17.8. The van der Waals surface area contributed by atoms with Gasteiger partial charge in [0.1, 0.15) is 6.10 Å². The van der Waals surface area contributed by atoms with Gasteiger partial charge in [-0.15, -0.1) is 0 Å². The Balaban J connectivity index is 1.63. The van der Waals surface area contributed by atoms with Gasteiger partial charge in [-0.3, -0.25) is 9.59 Å². The summed E-state index contributed by atoms with van der Waals surface area (Å²) in [4.78, 5) is 25.6. The molecule has 0 spiro atoms. The fraction of sp³-hybridized carbons (Fsp3) is 0.697. The van der Waals surface area contributed by atoms with Crippen molar-refractivity contribution >= 4 is 11.8 Å². The maximum atomic E-state index is 13.2. The van der Waals surface area contributed by atoms with Gasteiger partial charge >= 0.3 is 5.97 Å². The summed E-state index contributed by atoms with van der Waals surface area (Å²) in [6.07, 6.45) is 5.41. The Hall–Kier alpha value is -1.98. The van der Waals surface area contributed by atoms with Crippen LogP contribution in [0.5, 0.6) is 0 Å². The van der Waals surface area contributed by atoms with Crippen LogP contribution in [-0.2, 0) is 20.7 Å². The smallest absolute Gasteiger partial charge is 0.303 e. The number of benzene rings is 1. The van der Waals surface area contributed by atoms with E-state index < -0.39 is 6.10 Å². The van der Waals surface area contributed by atoms with Crippen molar-refractivity contribution in [2.45, 2.75) is 105 Å². The number of aliphatic hydroxyl groups is 1. The van der Waals surface area contributed by atoms with E-state index in [9.17, 15) is 14.7 Å². The predicted octanol–water partition coefficient (Wildman–Crippen LogP) is 5.63. The number of allylic oxidation sites excluding steroid dienone is 1.